The molecule has 0 spiro atoms. The van der Waals surface area contributed by atoms with E-state index in [0.29, 0.717) is 40.7 Å². The molecule has 0 atom stereocenters. The molecule has 43 heavy (non-hydrogen) atoms. The molecule has 12 heteroatoms. The van der Waals surface area contributed by atoms with E-state index >= 15 is 0 Å². The van der Waals surface area contributed by atoms with Crippen LogP contribution >= 0.6 is 0 Å². The summed E-state index contributed by atoms with van der Waals surface area (Å²) < 4.78 is 44.5. The summed E-state index contributed by atoms with van der Waals surface area (Å²) >= 11 is 0. The first kappa shape index (κ1) is 28.4. The second-order valence-electron chi connectivity index (χ2n) is 10.6. The Hall–Kier alpha value is -4.73. The average Bonchev–Trinajstić information content (AvgIpc) is 3.62. The van der Waals surface area contributed by atoms with E-state index in [2.05, 4.69) is 32.2 Å². The smallest absolute Gasteiger partial charge is 0.353 e. The second kappa shape index (κ2) is 11.9. The molecule has 6 rings (SSSR count). The van der Waals surface area contributed by atoms with E-state index in [9.17, 15) is 18.4 Å². The Kier molecular flexibility index (Phi) is 7.84. The summed E-state index contributed by atoms with van der Waals surface area (Å²) in [6.07, 6.45) is -0.143. The third kappa shape index (κ3) is 5.95. The third-order valence-corrected chi connectivity index (χ3v) is 7.64. The van der Waals surface area contributed by atoms with Crippen LogP contribution in [0.2, 0.25) is 0 Å². The topological polar surface area (TPSA) is 108 Å². The first-order valence-corrected chi connectivity index (χ1v) is 14.1. The number of pyridine rings is 1. The minimum atomic E-state index is -4.49. The van der Waals surface area contributed by atoms with E-state index in [1.165, 1.54) is 6.07 Å². The first-order valence-electron chi connectivity index (χ1n) is 14.1. The molecule has 1 aliphatic heterocycles. The van der Waals surface area contributed by atoms with E-state index in [1.54, 1.807) is 45.7 Å². The van der Waals surface area contributed by atoms with E-state index in [0.717, 1.165) is 67.2 Å². The van der Waals surface area contributed by atoms with Crippen LogP contribution in [0.1, 0.15) is 23.1 Å². The lowest BCUT2D eigenvalue weighted by atomic mass is 9.95. The molecule has 3 aromatic heterocycles. The molecule has 0 radical (unpaired) electrons. The minimum absolute atomic E-state index is 0.386. The van der Waals surface area contributed by atoms with Crippen LogP contribution in [0.4, 0.5) is 19.1 Å². The van der Waals surface area contributed by atoms with Crippen molar-refractivity contribution in [3.63, 3.8) is 0 Å². The zero-order valence-corrected chi connectivity index (χ0v) is 23.5. The fourth-order valence-corrected chi connectivity index (χ4v) is 5.24. The standard InChI is InChI=1S/C31H30F3N9/c1-20-26(27-10-13-39-43(27)25-8-6-21(15-35)7-9-25)19-42-29(28(20)23-4-2-5-24(14-23)31(32,33)34)40-30(41-42)38-12-3-11-36-16-22-17-37-18-22/h2,4-10,13-14,19,22,36-37H,3,11-12,16-18H2,1H3,(H,38,41). The summed E-state index contributed by atoms with van der Waals surface area (Å²) in [4.78, 5) is 4.71. The minimum Gasteiger partial charge on any atom is -0.353 e. The molecule has 1 aliphatic rings. The zero-order valence-electron chi connectivity index (χ0n) is 23.5. The van der Waals surface area contributed by atoms with Crippen LogP contribution in [0.25, 0.3) is 33.7 Å². The van der Waals surface area contributed by atoms with Gasteiger partial charge in [0, 0.05) is 43.5 Å². The Morgan fingerprint density at radius 3 is 2.63 bits per heavy atom. The lowest BCUT2D eigenvalue weighted by molar-refractivity contribution is -0.137. The van der Waals surface area contributed by atoms with Crippen LogP contribution in [0.5, 0.6) is 0 Å². The summed E-state index contributed by atoms with van der Waals surface area (Å²) in [6.45, 7) is 6.46. The van der Waals surface area contributed by atoms with Crippen molar-refractivity contribution in [1.82, 2.24) is 35.0 Å². The van der Waals surface area contributed by atoms with Gasteiger partial charge in [0.25, 0.3) is 0 Å². The van der Waals surface area contributed by atoms with Gasteiger partial charge in [0.2, 0.25) is 5.95 Å². The molecule has 0 unspecified atom stereocenters. The number of fused-ring (bicyclic) bond motifs is 1. The Bertz CT molecular complexity index is 1780. The Morgan fingerprint density at radius 2 is 1.91 bits per heavy atom. The number of anilines is 1. The normalized spacial score (nSPS) is 13.7. The summed E-state index contributed by atoms with van der Waals surface area (Å²) in [7, 11) is 0. The maximum absolute atomic E-state index is 13.7. The van der Waals surface area contributed by atoms with Gasteiger partial charge in [-0.3, -0.25) is 0 Å². The van der Waals surface area contributed by atoms with Crippen molar-refractivity contribution in [2.75, 3.05) is 38.0 Å². The molecule has 0 aliphatic carbocycles. The molecule has 5 aromatic rings. The molecule has 220 valence electrons. The number of hydrogen-bond acceptors (Lipinski definition) is 7. The molecule has 3 N–H and O–H groups in total. The lowest BCUT2D eigenvalue weighted by Crippen LogP contribution is -2.47. The Balaban J connectivity index is 1.38. The number of nitrogens with zero attached hydrogens (tertiary/aromatic N) is 6. The number of aromatic nitrogens is 5. The molecule has 0 amide bonds. The maximum atomic E-state index is 13.7. The van der Waals surface area contributed by atoms with E-state index in [-0.39, 0.29) is 0 Å². The molecular formula is C31H30F3N9. The van der Waals surface area contributed by atoms with Crippen LogP contribution in [0.15, 0.2) is 67.0 Å². The quantitative estimate of drug-likeness (QED) is 0.197. The summed E-state index contributed by atoms with van der Waals surface area (Å²) in [6, 6.07) is 16.2. The molecule has 0 bridgehead atoms. The van der Waals surface area contributed by atoms with Crippen molar-refractivity contribution in [3.8, 4) is 34.1 Å². The summed E-state index contributed by atoms with van der Waals surface area (Å²) in [5, 5.41) is 28.3. The monoisotopic (exact) mass is 585 g/mol. The Labute approximate surface area is 246 Å². The van der Waals surface area contributed by atoms with Crippen LogP contribution in [-0.2, 0) is 6.18 Å². The van der Waals surface area contributed by atoms with Crippen molar-refractivity contribution in [2.45, 2.75) is 19.5 Å². The van der Waals surface area contributed by atoms with Gasteiger partial charge in [0.15, 0.2) is 5.65 Å². The molecule has 4 heterocycles. The van der Waals surface area contributed by atoms with Crippen LogP contribution in [0, 0.1) is 24.2 Å². The van der Waals surface area contributed by atoms with Gasteiger partial charge >= 0.3 is 6.18 Å². The van der Waals surface area contributed by atoms with Gasteiger partial charge in [-0.05, 0) is 79.4 Å². The first-order chi connectivity index (χ1) is 20.8. The van der Waals surface area contributed by atoms with Crippen molar-refractivity contribution < 1.29 is 13.2 Å². The predicted octanol–water partition coefficient (Wildman–Crippen LogP) is 5.06. The number of rotatable bonds is 10. The molecule has 0 saturated carbocycles. The van der Waals surface area contributed by atoms with Gasteiger partial charge in [-0.25, -0.2) is 9.20 Å². The van der Waals surface area contributed by atoms with Crippen molar-refractivity contribution in [3.05, 3.63) is 83.7 Å². The predicted molar refractivity (Wildman–Crippen MR) is 158 cm³/mol. The number of halogens is 3. The highest BCUT2D eigenvalue weighted by Crippen LogP contribution is 2.38. The highest BCUT2D eigenvalue weighted by atomic mass is 19.4. The van der Waals surface area contributed by atoms with Crippen molar-refractivity contribution in [1.29, 1.82) is 5.26 Å². The van der Waals surface area contributed by atoms with Gasteiger partial charge in [-0.2, -0.15) is 28.5 Å². The maximum Gasteiger partial charge on any atom is 0.416 e. The average molecular weight is 586 g/mol. The summed E-state index contributed by atoms with van der Waals surface area (Å²) in [5.74, 6) is 1.08. The van der Waals surface area contributed by atoms with Gasteiger partial charge < -0.3 is 16.0 Å². The van der Waals surface area contributed by atoms with Gasteiger partial charge in [-0.1, -0.05) is 12.1 Å². The number of hydrogen-bond donors (Lipinski definition) is 3. The fourth-order valence-electron chi connectivity index (χ4n) is 5.24. The van der Waals surface area contributed by atoms with Gasteiger partial charge in [0.05, 0.1) is 34.8 Å². The molecule has 9 nitrogen and oxygen atoms in total. The Morgan fingerprint density at radius 1 is 1.09 bits per heavy atom. The number of benzene rings is 2. The van der Waals surface area contributed by atoms with Crippen molar-refractivity contribution >= 4 is 11.6 Å². The lowest BCUT2D eigenvalue weighted by Gasteiger charge is -2.27. The number of nitriles is 1. The molecule has 1 fully saturated rings. The van der Waals surface area contributed by atoms with Crippen LogP contribution < -0.4 is 16.0 Å². The van der Waals surface area contributed by atoms with Crippen LogP contribution in [-0.4, -0.2) is 57.1 Å². The van der Waals surface area contributed by atoms with Crippen LogP contribution in [0.3, 0.4) is 0 Å². The fraction of sp³-hybridized carbons (Fsp3) is 0.290. The molecule has 2 aromatic carbocycles. The van der Waals surface area contributed by atoms with E-state index < -0.39 is 11.7 Å². The molecular weight excluding hydrogens is 555 g/mol. The van der Waals surface area contributed by atoms with Gasteiger partial charge in [0.1, 0.15) is 0 Å². The third-order valence-electron chi connectivity index (χ3n) is 7.64. The highest BCUT2D eigenvalue weighted by molar-refractivity contribution is 5.86. The SMILES string of the molecule is Cc1c(-c2ccnn2-c2ccc(C#N)cc2)cn2nc(NCCCNCC3CNC3)nc2c1-c1cccc(C(F)(F)F)c1. The zero-order chi connectivity index (χ0) is 30.0. The van der Waals surface area contributed by atoms with E-state index in [4.69, 9.17) is 4.98 Å². The number of alkyl halides is 3. The summed E-state index contributed by atoms with van der Waals surface area (Å²) in [5.41, 5.74) is 4.09. The highest BCUT2D eigenvalue weighted by Gasteiger charge is 2.31. The van der Waals surface area contributed by atoms with E-state index in [1.807, 2.05) is 19.2 Å². The molecule has 1 saturated heterocycles. The van der Waals surface area contributed by atoms with Gasteiger partial charge in [-0.15, -0.1) is 5.10 Å². The second-order valence-corrected chi connectivity index (χ2v) is 10.6. The largest absolute Gasteiger partial charge is 0.416 e. The van der Waals surface area contributed by atoms with Crippen molar-refractivity contribution in [2.24, 2.45) is 5.92 Å². The number of nitrogens with one attached hydrogen (secondary N) is 3.